The molecular formula is C50H42O4. The van der Waals surface area contributed by atoms with E-state index in [9.17, 15) is 9.59 Å². The summed E-state index contributed by atoms with van der Waals surface area (Å²) in [6, 6.07) is 54.7. The van der Waals surface area contributed by atoms with Gasteiger partial charge in [-0.25, -0.2) is 0 Å². The molecule has 0 aliphatic rings. The molecule has 0 fully saturated rings. The fraction of sp³-hybridized carbons (Fsp3) is 0.120. The number of hydrogen-bond acceptors (Lipinski definition) is 4. The van der Waals surface area contributed by atoms with Crippen molar-refractivity contribution in [3.8, 4) is 23.0 Å². The van der Waals surface area contributed by atoms with Crippen molar-refractivity contribution in [2.45, 2.75) is 39.5 Å². The van der Waals surface area contributed by atoms with Crippen LogP contribution in [-0.4, -0.2) is 11.6 Å². The van der Waals surface area contributed by atoms with E-state index in [2.05, 4.69) is 69.3 Å². The van der Waals surface area contributed by atoms with Crippen molar-refractivity contribution >= 4 is 11.6 Å². The first kappa shape index (κ1) is 35.9. The zero-order valence-electron chi connectivity index (χ0n) is 31.0. The molecule has 7 aromatic rings. The van der Waals surface area contributed by atoms with Crippen molar-refractivity contribution < 1.29 is 19.1 Å². The van der Waals surface area contributed by atoms with E-state index >= 15 is 0 Å². The average molecular weight is 707 g/mol. The second-order valence-electron chi connectivity index (χ2n) is 14.3. The molecule has 0 aliphatic heterocycles. The third-order valence-electron chi connectivity index (χ3n) is 9.92. The van der Waals surface area contributed by atoms with Crippen LogP contribution in [0.2, 0.25) is 0 Å². The lowest BCUT2D eigenvalue weighted by Gasteiger charge is -2.26. The molecular weight excluding hydrogens is 665 g/mol. The van der Waals surface area contributed by atoms with Gasteiger partial charge in [-0.3, -0.25) is 9.59 Å². The summed E-state index contributed by atoms with van der Waals surface area (Å²) in [4.78, 5) is 26.0. The number of hydrogen-bond donors (Lipinski definition) is 0. The maximum Gasteiger partial charge on any atom is 0.193 e. The van der Waals surface area contributed by atoms with Crippen molar-refractivity contribution in [1.82, 2.24) is 0 Å². The largest absolute Gasteiger partial charge is 0.457 e. The van der Waals surface area contributed by atoms with E-state index in [0.29, 0.717) is 39.5 Å². The molecule has 0 saturated carbocycles. The van der Waals surface area contributed by atoms with Crippen molar-refractivity contribution in [3.05, 3.63) is 225 Å². The summed E-state index contributed by atoms with van der Waals surface area (Å²) in [6.45, 7) is 8.47. The summed E-state index contributed by atoms with van der Waals surface area (Å²) in [5.74, 6) is 2.73. The standard InChI is InChI=1S/C50H42O4/c1-34-5-9-36(10-6-34)33-37-11-15-39(16-12-37)49(52)41-19-27-45(28-20-41)54-47-31-23-43(24-32-47)50(3,4)42-21-29-46(30-22-42)53-44-25-17-40(18-26-44)48(51)38-13-7-35(2)8-14-38/h5-32H,33H2,1-4H3. The number of carbonyl (C=O) groups excluding carboxylic acids is 2. The fourth-order valence-corrected chi connectivity index (χ4v) is 6.42. The van der Waals surface area contributed by atoms with Crippen LogP contribution in [0.3, 0.4) is 0 Å². The van der Waals surface area contributed by atoms with Crippen LogP contribution in [0.1, 0.15) is 79.1 Å². The Bertz CT molecular complexity index is 2350. The van der Waals surface area contributed by atoms with Crippen LogP contribution in [0.15, 0.2) is 170 Å². The molecule has 0 aromatic heterocycles. The highest BCUT2D eigenvalue weighted by Crippen LogP contribution is 2.35. The quantitative estimate of drug-likeness (QED) is 0.119. The molecule has 0 unspecified atom stereocenters. The first-order valence-corrected chi connectivity index (χ1v) is 18.2. The van der Waals surface area contributed by atoms with Crippen LogP contribution in [0.25, 0.3) is 0 Å². The Labute approximate surface area is 317 Å². The van der Waals surface area contributed by atoms with Crippen LogP contribution >= 0.6 is 0 Å². The first-order valence-electron chi connectivity index (χ1n) is 18.2. The summed E-state index contributed by atoms with van der Waals surface area (Å²) in [7, 11) is 0. The van der Waals surface area contributed by atoms with Gasteiger partial charge in [0.2, 0.25) is 0 Å². The SMILES string of the molecule is Cc1ccc(Cc2ccc(C(=O)c3ccc(Oc4ccc(C(C)(C)c5ccc(Oc6ccc(C(=O)c7ccc(C)cc7)cc6)cc5)cc4)cc3)cc2)cc1. The van der Waals surface area contributed by atoms with E-state index in [1.165, 1.54) is 16.7 Å². The number of carbonyl (C=O) groups is 2. The highest BCUT2D eigenvalue weighted by molar-refractivity contribution is 6.09. The van der Waals surface area contributed by atoms with E-state index in [0.717, 1.165) is 28.9 Å². The van der Waals surface area contributed by atoms with Gasteiger partial charge in [0.05, 0.1) is 0 Å². The Morgan fingerprint density at radius 3 is 1.00 bits per heavy atom. The molecule has 0 heterocycles. The lowest BCUT2D eigenvalue weighted by atomic mass is 9.78. The van der Waals surface area contributed by atoms with Gasteiger partial charge in [0.25, 0.3) is 0 Å². The van der Waals surface area contributed by atoms with Crippen LogP contribution in [-0.2, 0) is 11.8 Å². The van der Waals surface area contributed by atoms with E-state index in [-0.39, 0.29) is 17.0 Å². The maximum absolute atomic E-state index is 13.2. The van der Waals surface area contributed by atoms with E-state index in [4.69, 9.17) is 9.47 Å². The Kier molecular flexibility index (Phi) is 10.4. The molecule has 0 radical (unpaired) electrons. The van der Waals surface area contributed by atoms with Crippen LogP contribution in [0, 0.1) is 13.8 Å². The van der Waals surface area contributed by atoms with Crippen molar-refractivity contribution in [2.75, 3.05) is 0 Å². The van der Waals surface area contributed by atoms with Gasteiger partial charge in [0, 0.05) is 27.7 Å². The van der Waals surface area contributed by atoms with Gasteiger partial charge in [-0.1, -0.05) is 122 Å². The van der Waals surface area contributed by atoms with Crippen molar-refractivity contribution in [1.29, 1.82) is 0 Å². The molecule has 0 saturated heterocycles. The minimum atomic E-state index is -0.268. The zero-order chi connectivity index (χ0) is 37.7. The monoisotopic (exact) mass is 706 g/mol. The predicted molar refractivity (Wildman–Crippen MR) is 217 cm³/mol. The topological polar surface area (TPSA) is 52.6 Å². The second kappa shape index (κ2) is 15.6. The second-order valence-corrected chi connectivity index (χ2v) is 14.3. The van der Waals surface area contributed by atoms with Gasteiger partial charge in [0.1, 0.15) is 23.0 Å². The van der Waals surface area contributed by atoms with Gasteiger partial charge < -0.3 is 9.47 Å². The summed E-state index contributed by atoms with van der Waals surface area (Å²) in [5.41, 5.74) is 9.37. The first-order chi connectivity index (χ1) is 26.1. The average Bonchev–Trinajstić information content (AvgIpc) is 3.20. The third-order valence-corrected chi connectivity index (χ3v) is 9.92. The van der Waals surface area contributed by atoms with Gasteiger partial charge in [0.15, 0.2) is 11.6 Å². The summed E-state index contributed by atoms with van der Waals surface area (Å²) < 4.78 is 12.2. The minimum Gasteiger partial charge on any atom is -0.457 e. The van der Waals surface area contributed by atoms with Gasteiger partial charge in [-0.15, -0.1) is 0 Å². The molecule has 0 atom stereocenters. The summed E-state index contributed by atoms with van der Waals surface area (Å²) in [5, 5.41) is 0. The molecule has 0 bridgehead atoms. The summed E-state index contributed by atoms with van der Waals surface area (Å²) in [6.07, 6.45) is 0.834. The molecule has 7 rings (SSSR count). The third kappa shape index (κ3) is 8.40. The van der Waals surface area contributed by atoms with Gasteiger partial charge in [-0.05, 0) is 115 Å². The van der Waals surface area contributed by atoms with Gasteiger partial charge >= 0.3 is 0 Å². The molecule has 7 aromatic carbocycles. The van der Waals surface area contributed by atoms with E-state index in [1.807, 2.05) is 116 Å². The number of benzene rings is 7. The van der Waals surface area contributed by atoms with Crippen LogP contribution in [0.5, 0.6) is 23.0 Å². The number of ether oxygens (including phenoxy) is 2. The zero-order valence-corrected chi connectivity index (χ0v) is 31.0. The highest BCUT2D eigenvalue weighted by Gasteiger charge is 2.23. The normalized spacial score (nSPS) is 11.2. The lowest BCUT2D eigenvalue weighted by Crippen LogP contribution is -2.18. The molecule has 0 N–H and O–H groups in total. The molecule has 4 nitrogen and oxygen atoms in total. The Balaban J connectivity index is 0.933. The van der Waals surface area contributed by atoms with E-state index < -0.39 is 0 Å². The summed E-state index contributed by atoms with van der Waals surface area (Å²) >= 11 is 0. The predicted octanol–water partition coefficient (Wildman–Crippen LogP) is 12.3. The maximum atomic E-state index is 13.2. The molecule has 4 heteroatoms. The smallest absolute Gasteiger partial charge is 0.193 e. The Hall–Kier alpha value is -6.52. The minimum absolute atomic E-state index is 0.0118. The van der Waals surface area contributed by atoms with Crippen LogP contribution in [0.4, 0.5) is 0 Å². The number of rotatable bonds is 12. The number of ketones is 2. The fourth-order valence-electron chi connectivity index (χ4n) is 6.42. The molecule has 0 spiro atoms. The van der Waals surface area contributed by atoms with Gasteiger partial charge in [-0.2, -0.15) is 0 Å². The molecule has 54 heavy (non-hydrogen) atoms. The Morgan fingerprint density at radius 1 is 0.389 bits per heavy atom. The van der Waals surface area contributed by atoms with Crippen molar-refractivity contribution in [3.63, 3.8) is 0 Å². The molecule has 266 valence electrons. The van der Waals surface area contributed by atoms with Crippen LogP contribution < -0.4 is 9.47 Å². The molecule has 0 aliphatic carbocycles. The Morgan fingerprint density at radius 2 is 0.648 bits per heavy atom. The van der Waals surface area contributed by atoms with Crippen molar-refractivity contribution in [2.24, 2.45) is 0 Å². The molecule has 0 amide bonds. The lowest BCUT2D eigenvalue weighted by molar-refractivity contribution is 0.103. The van der Waals surface area contributed by atoms with E-state index in [1.54, 1.807) is 12.1 Å². The highest BCUT2D eigenvalue weighted by atomic mass is 16.5. The number of aryl methyl sites for hydroxylation is 2.